The van der Waals surface area contributed by atoms with E-state index >= 15 is 0 Å². The Balaban J connectivity index is 1.88. The first-order chi connectivity index (χ1) is 8.20. The van der Waals surface area contributed by atoms with Gasteiger partial charge < -0.3 is 0 Å². The van der Waals surface area contributed by atoms with Crippen LogP contribution in [0.2, 0.25) is 0 Å². The molecule has 1 aromatic heterocycles. The third-order valence-electron chi connectivity index (χ3n) is 3.55. The molecular weight excluding hydrogens is 221 g/mol. The first-order valence-corrected chi connectivity index (χ1v) is 6.35. The summed E-state index contributed by atoms with van der Waals surface area (Å²) in [4.78, 5) is 15.9. The summed E-state index contributed by atoms with van der Waals surface area (Å²) >= 11 is 0. The summed E-state index contributed by atoms with van der Waals surface area (Å²) in [6, 6.07) is 0.0817. The molecule has 2 aliphatic rings. The van der Waals surface area contributed by atoms with E-state index in [0.717, 1.165) is 25.7 Å². The summed E-state index contributed by atoms with van der Waals surface area (Å²) in [6.45, 7) is 2.07. The van der Waals surface area contributed by atoms with Crippen molar-refractivity contribution in [2.45, 2.75) is 51.2 Å². The molecule has 2 atom stereocenters. The van der Waals surface area contributed by atoms with Crippen molar-refractivity contribution in [3.8, 4) is 0 Å². The molecule has 0 unspecified atom stereocenters. The number of carbonyl (C=O) groups is 1. The highest BCUT2D eigenvalue weighted by Gasteiger charge is 2.38. The Bertz CT molecular complexity index is 453. The van der Waals surface area contributed by atoms with Crippen LogP contribution in [0.15, 0.2) is 0 Å². The van der Waals surface area contributed by atoms with E-state index in [0.29, 0.717) is 12.2 Å². The lowest BCUT2D eigenvalue weighted by Crippen LogP contribution is -2.09. The van der Waals surface area contributed by atoms with Crippen LogP contribution < -0.4 is 0 Å². The molecule has 1 saturated carbocycles. The predicted molar refractivity (Wildman–Crippen MR) is 59.5 cm³/mol. The number of aromatic nitrogens is 3. The molecular formula is C12H16FN3O. The first-order valence-electron chi connectivity index (χ1n) is 6.35. The molecule has 1 aliphatic carbocycles. The number of carbonyl (C=O) groups excluding carboxylic acids is 1. The quantitative estimate of drug-likeness (QED) is 0.756. The fraction of sp³-hybridized carbons (Fsp3) is 0.750. The van der Waals surface area contributed by atoms with E-state index in [4.69, 9.17) is 0 Å². The predicted octanol–water partition coefficient (Wildman–Crippen LogP) is 2.63. The van der Waals surface area contributed by atoms with E-state index < -0.39 is 6.17 Å². The number of alkyl halides is 1. The number of hydrogen-bond acceptors (Lipinski definition) is 3. The normalized spacial score (nSPS) is 27.2. The molecule has 0 bridgehead atoms. The minimum Gasteiger partial charge on any atom is -0.290 e. The highest BCUT2D eigenvalue weighted by Crippen LogP contribution is 2.39. The molecule has 0 saturated heterocycles. The van der Waals surface area contributed by atoms with Crippen molar-refractivity contribution in [1.29, 1.82) is 0 Å². The number of Topliss-reactive ketones (excluding diaryl/α,β-unsaturated/α-hetero) is 1. The number of nitrogens with zero attached hydrogens (tertiary/aromatic N) is 3. The van der Waals surface area contributed by atoms with Crippen molar-refractivity contribution in [2.75, 3.05) is 0 Å². The molecule has 2 heterocycles. The van der Waals surface area contributed by atoms with Crippen LogP contribution in [0.4, 0.5) is 4.39 Å². The van der Waals surface area contributed by atoms with E-state index in [9.17, 15) is 9.18 Å². The van der Waals surface area contributed by atoms with Gasteiger partial charge in [-0.25, -0.2) is 14.1 Å². The second-order valence-electron chi connectivity index (χ2n) is 5.02. The molecule has 0 aromatic carbocycles. The van der Waals surface area contributed by atoms with Gasteiger partial charge in [0.15, 0.2) is 12.0 Å². The molecule has 0 spiro atoms. The van der Waals surface area contributed by atoms with Gasteiger partial charge in [-0.1, -0.05) is 13.3 Å². The molecule has 4 nitrogen and oxygen atoms in total. The smallest absolute Gasteiger partial charge is 0.217 e. The summed E-state index contributed by atoms with van der Waals surface area (Å²) in [5, 5.41) is 4.22. The van der Waals surface area contributed by atoms with Gasteiger partial charge in [-0.15, -0.1) is 5.10 Å². The molecule has 0 radical (unpaired) electrons. The fourth-order valence-electron chi connectivity index (χ4n) is 2.47. The summed E-state index contributed by atoms with van der Waals surface area (Å²) in [5.41, 5.74) is 0. The summed E-state index contributed by atoms with van der Waals surface area (Å²) in [7, 11) is 0. The Labute approximate surface area is 99.2 Å². The fourth-order valence-corrected chi connectivity index (χ4v) is 2.47. The third kappa shape index (κ3) is 1.77. The Morgan fingerprint density at radius 1 is 1.53 bits per heavy atom. The Kier molecular flexibility index (Phi) is 2.49. The average Bonchev–Trinajstić information content (AvgIpc) is 2.99. The number of rotatable bonds is 4. The minimum absolute atomic E-state index is 0.00523. The van der Waals surface area contributed by atoms with Crippen LogP contribution in [0.1, 0.15) is 67.7 Å². The van der Waals surface area contributed by atoms with Crippen molar-refractivity contribution in [1.82, 2.24) is 14.8 Å². The number of hydrogen-bond donors (Lipinski definition) is 0. The van der Waals surface area contributed by atoms with Gasteiger partial charge in [-0.3, -0.25) is 4.79 Å². The Morgan fingerprint density at radius 3 is 2.94 bits per heavy atom. The van der Waals surface area contributed by atoms with Crippen LogP contribution in [-0.4, -0.2) is 20.5 Å². The SMILES string of the molecule is CCC[C@@H]1C[C@H](F)c2nc(C(=O)C3CC3)nn21. The van der Waals surface area contributed by atoms with E-state index in [1.807, 2.05) is 0 Å². The van der Waals surface area contributed by atoms with Crippen molar-refractivity contribution in [3.63, 3.8) is 0 Å². The highest BCUT2D eigenvalue weighted by molar-refractivity contribution is 5.95. The van der Waals surface area contributed by atoms with E-state index in [1.165, 1.54) is 0 Å². The Hall–Kier alpha value is -1.26. The van der Waals surface area contributed by atoms with Crippen LogP contribution >= 0.6 is 0 Å². The second kappa shape index (κ2) is 3.89. The monoisotopic (exact) mass is 237 g/mol. The van der Waals surface area contributed by atoms with Crippen LogP contribution in [0, 0.1) is 5.92 Å². The molecule has 1 fully saturated rings. The van der Waals surface area contributed by atoms with Gasteiger partial charge >= 0.3 is 0 Å². The summed E-state index contributed by atoms with van der Waals surface area (Å²) in [6.07, 6.45) is 3.15. The molecule has 5 heteroatoms. The molecule has 3 rings (SSSR count). The lowest BCUT2D eigenvalue weighted by atomic mass is 10.1. The van der Waals surface area contributed by atoms with Crippen LogP contribution in [0.25, 0.3) is 0 Å². The van der Waals surface area contributed by atoms with Gasteiger partial charge in [-0.05, 0) is 19.3 Å². The van der Waals surface area contributed by atoms with Crippen molar-refractivity contribution in [3.05, 3.63) is 11.6 Å². The summed E-state index contributed by atoms with van der Waals surface area (Å²) in [5.74, 6) is 0.675. The number of ketones is 1. The van der Waals surface area contributed by atoms with Gasteiger partial charge in [0.1, 0.15) is 0 Å². The van der Waals surface area contributed by atoms with E-state index in [-0.39, 0.29) is 23.6 Å². The second-order valence-corrected chi connectivity index (χ2v) is 5.02. The standard InChI is InChI=1S/C12H16FN3O/c1-2-3-8-6-9(13)12-14-11(15-16(8)12)10(17)7-4-5-7/h7-9H,2-6H2,1H3/t8-,9+/m1/s1. The van der Waals surface area contributed by atoms with Gasteiger partial charge in [0.25, 0.3) is 0 Å². The zero-order valence-electron chi connectivity index (χ0n) is 9.90. The minimum atomic E-state index is -1.06. The molecule has 0 amide bonds. The Morgan fingerprint density at radius 2 is 2.29 bits per heavy atom. The van der Waals surface area contributed by atoms with Crippen LogP contribution in [0.3, 0.4) is 0 Å². The lowest BCUT2D eigenvalue weighted by Gasteiger charge is -2.08. The van der Waals surface area contributed by atoms with Gasteiger partial charge in [0.05, 0.1) is 6.04 Å². The van der Waals surface area contributed by atoms with Crippen molar-refractivity contribution < 1.29 is 9.18 Å². The highest BCUT2D eigenvalue weighted by atomic mass is 19.1. The third-order valence-corrected chi connectivity index (χ3v) is 3.55. The van der Waals surface area contributed by atoms with Gasteiger partial charge in [0.2, 0.25) is 11.6 Å². The number of halogens is 1. The molecule has 1 aromatic rings. The largest absolute Gasteiger partial charge is 0.290 e. The molecule has 1 aliphatic heterocycles. The maximum atomic E-state index is 13.7. The summed E-state index contributed by atoms with van der Waals surface area (Å²) < 4.78 is 15.4. The molecule has 92 valence electrons. The van der Waals surface area contributed by atoms with Gasteiger partial charge in [0, 0.05) is 12.3 Å². The molecule has 0 N–H and O–H groups in total. The zero-order chi connectivity index (χ0) is 12.0. The van der Waals surface area contributed by atoms with Gasteiger partial charge in [-0.2, -0.15) is 0 Å². The lowest BCUT2D eigenvalue weighted by molar-refractivity contribution is 0.0956. The average molecular weight is 237 g/mol. The maximum absolute atomic E-state index is 13.7. The van der Waals surface area contributed by atoms with Crippen LogP contribution in [-0.2, 0) is 0 Å². The first kappa shape index (κ1) is 10.9. The zero-order valence-corrected chi connectivity index (χ0v) is 9.90. The maximum Gasteiger partial charge on any atom is 0.217 e. The number of fused-ring (bicyclic) bond motifs is 1. The van der Waals surface area contributed by atoms with Crippen molar-refractivity contribution in [2.24, 2.45) is 5.92 Å². The molecule has 17 heavy (non-hydrogen) atoms. The topological polar surface area (TPSA) is 47.8 Å². The van der Waals surface area contributed by atoms with E-state index in [2.05, 4.69) is 17.0 Å². The van der Waals surface area contributed by atoms with E-state index in [1.54, 1.807) is 4.68 Å². The van der Waals surface area contributed by atoms with Crippen molar-refractivity contribution >= 4 is 5.78 Å². The van der Waals surface area contributed by atoms with Crippen LogP contribution in [0.5, 0.6) is 0 Å².